The van der Waals surface area contributed by atoms with Crippen LogP contribution in [0.4, 0.5) is 0 Å². The third kappa shape index (κ3) is 5.02. The molecule has 4 nitrogen and oxygen atoms in total. The molecule has 0 aliphatic rings. The third-order valence-corrected chi connectivity index (χ3v) is 2.72. The van der Waals surface area contributed by atoms with Crippen LogP contribution in [0.25, 0.3) is 0 Å². The van der Waals surface area contributed by atoms with Gasteiger partial charge in [-0.1, -0.05) is 17.7 Å². The highest BCUT2D eigenvalue weighted by Crippen LogP contribution is 2.10. The predicted molar refractivity (Wildman–Crippen MR) is 71.4 cm³/mol. The molecule has 0 bridgehead atoms. The molecule has 100 valence electrons. The lowest BCUT2D eigenvalue weighted by atomic mass is 10.2. The Labute approximate surface area is 113 Å². The van der Waals surface area contributed by atoms with Crippen molar-refractivity contribution in [3.8, 4) is 0 Å². The maximum atomic E-state index is 11.5. The molecular weight excluding hydrogens is 252 g/mol. The van der Waals surface area contributed by atoms with Crippen molar-refractivity contribution in [2.75, 3.05) is 13.2 Å². The number of esters is 1. The standard InChI is InChI=1S/C13H19ClN2O2/c1-4-18-13(17)9-16(10(2)3)8-11-6-5-7-12(14)15-11/h5-7,10H,4,8-9H2,1-3H3. The second-order valence-corrected chi connectivity index (χ2v) is 4.64. The van der Waals surface area contributed by atoms with E-state index in [1.165, 1.54) is 0 Å². The Morgan fingerprint density at radius 2 is 2.22 bits per heavy atom. The van der Waals surface area contributed by atoms with Gasteiger partial charge in [-0.25, -0.2) is 4.98 Å². The van der Waals surface area contributed by atoms with Crippen LogP contribution in [0.2, 0.25) is 5.15 Å². The SMILES string of the molecule is CCOC(=O)CN(Cc1cccc(Cl)n1)C(C)C. The van der Waals surface area contributed by atoms with Gasteiger partial charge in [-0.15, -0.1) is 0 Å². The summed E-state index contributed by atoms with van der Waals surface area (Å²) in [5.41, 5.74) is 0.848. The van der Waals surface area contributed by atoms with Gasteiger partial charge in [0.2, 0.25) is 0 Å². The lowest BCUT2D eigenvalue weighted by Crippen LogP contribution is -2.36. The minimum Gasteiger partial charge on any atom is -0.465 e. The lowest BCUT2D eigenvalue weighted by Gasteiger charge is -2.24. The summed E-state index contributed by atoms with van der Waals surface area (Å²) in [6, 6.07) is 5.71. The van der Waals surface area contributed by atoms with E-state index in [2.05, 4.69) is 4.98 Å². The van der Waals surface area contributed by atoms with Crippen molar-refractivity contribution in [1.82, 2.24) is 9.88 Å². The summed E-state index contributed by atoms with van der Waals surface area (Å²) < 4.78 is 4.96. The molecule has 0 N–H and O–H groups in total. The molecule has 1 aromatic heterocycles. The van der Waals surface area contributed by atoms with Crippen molar-refractivity contribution in [2.24, 2.45) is 0 Å². The largest absolute Gasteiger partial charge is 0.465 e. The number of nitrogens with zero attached hydrogens (tertiary/aromatic N) is 2. The number of halogens is 1. The molecule has 0 saturated carbocycles. The average molecular weight is 271 g/mol. The van der Waals surface area contributed by atoms with Crippen molar-refractivity contribution in [3.05, 3.63) is 29.0 Å². The molecule has 0 amide bonds. The Morgan fingerprint density at radius 3 is 2.78 bits per heavy atom. The number of carbonyl (C=O) groups is 1. The molecule has 0 unspecified atom stereocenters. The van der Waals surface area contributed by atoms with E-state index in [0.717, 1.165) is 5.69 Å². The van der Waals surface area contributed by atoms with Crippen LogP contribution in [-0.2, 0) is 16.1 Å². The molecule has 0 aliphatic heterocycles. The summed E-state index contributed by atoms with van der Waals surface area (Å²) >= 11 is 5.84. The molecule has 18 heavy (non-hydrogen) atoms. The third-order valence-electron chi connectivity index (χ3n) is 2.51. The predicted octanol–water partition coefficient (Wildman–Crippen LogP) is 2.51. The van der Waals surface area contributed by atoms with Crippen molar-refractivity contribution >= 4 is 17.6 Å². The first-order valence-corrected chi connectivity index (χ1v) is 6.41. The summed E-state index contributed by atoms with van der Waals surface area (Å²) in [5, 5.41) is 0.465. The molecule has 0 atom stereocenters. The number of rotatable bonds is 6. The Bertz CT molecular complexity index is 396. The van der Waals surface area contributed by atoms with E-state index < -0.39 is 0 Å². The maximum absolute atomic E-state index is 11.5. The molecule has 1 heterocycles. The quantitative estimate of drug-likeness (QED) is 0.588. The molecule has 1 aromatic rings. The van der Waals surface area contributed by atoms with E-state index in [1.807, 2.05) is 30.9 Å². The first kappa shape index (κ1) is 14.9. The number of pyridine rings is 1. The highest BCUT2D eigenvalue weighted by Gasteiger charge is 2.15. The monoisotopic (exact) mass is 270 g/mol. The van der Waals surface area contributed by atoms with Crippen molar-refractivity contribution in [2.45, 2.75) is 33.4 Å². The van der Waals surface area contributed by atoms with Crippen LogP contribution in [0.5, 0.6) is 0 Å². The highest BCUT2D eigenvalue weighted by atomic mass is 35.5. The highest BCUT2D eigenvalue weighted by molar-refractivity contribution is 6.29. The molecule has 0 spiro atoms. The van der Waals surface area contributed by atoms with Crippen LogP contribution >= 0.6 is 11.6 Å². The normalized spacial score (nSPS) is 11.0. The first-order valence-electron chi connectivity index (χ1n) is 6.04. The van der Waals surface area contributed by atoms with Crippen LogP contribution in [0, 0.1) is 0 Å². The lowest BCUT2D eigenvalue weighted by molar-refractivity contribution is -0.145. The van der Waals surface area contributed by atoms with Crippen LogP contribution < -0.4 is 0 Å². The molecule has 0 fully saturated rings. The van der Waals surface area contributed by atoms with Crippen molar-refractivity contribution in [3.63, 3.8) is 0 Å². The summed E-state index contributed by atoms with van der Waals surface area (Å²) in [4.78, 5) is 17.7. The van der Waals surface area contributed by atoms with Crippen LogP contribution in [0.1, 0.15) is 26.5 Å². The fourth-order valence-corrected chi connectivity index (χ4v) is 1.72. The minimum absolute atomic E-state index is 0.215. The minimum atomic E-state index is -0.215. The first-order chi connectivity index (χ1) is 8.52. The molecular formula is C13H19ClN2O2. The fraction of sp³-hybridized carbons (Fsp3) is 0.538. The number of ether oxygens (including phenoxy) is 1. The molecule has 5 heteroatoms. The second kappa shape index (κ2) is 7.34. The molecule has 0 radical (unpaired) electrons. The van der Waals surface area contributed by atoms with E-state index >= 15 is 0 Å². The van der Waals surface area contributed by atoms with Crippen molar-refractivity contribution < 1.29 is 9.53 Å². The zero-order chi connectivity index (χ0) is 13.5. The zero-order valence-electron chi connectivity index (χ0n) is 11.0. The van der Waals surface area contributed by atoms with E-state index in [-0.39, 0.29) is 18.6 Å². The van der Waals surface area contributed by atoms with Crippen molar-refractivity contribution in [1.29, 1.82) is 0 Å². The van der Waals surface area contributed by atoms with Crippen LogP contribution in [0.15, 0.2) is 18.2 Å². The van der Waals surface area contributed by atoms with Gasteiger partial charge in [0.05, 0.1) is 18.8 Å². The molecule has 0 saturated heterocycles. The van der Waals surface area contributed by atoms with Gasteiger partial charge < -0.3 is 4.74 Å². The smallest absolute Gasteiger partial charge is 0.320 e. The van der Waals surface area contributed by atoms with Crippen LogP contribution in [0.3, 0.4) is 0 Å². The van der Waals surface area contributed by atoms with Gasteiger partial charge in [-0.05, 0) is 32.9 Å². The second-order valence-electron chi connectivity index (χ2n) is 4.26. The summed E-state index contributed by atoms with van der Waals surface area (Å²) in [5.74, 6) is -0.215. The van der Waals surface area contributed by atoms with Gasteiger partial charge in [-0.3, -0.25) is 9.69 Å². The van der Waals surface area contributed by atoms with E-state index in [4.69, 9.17) is 16.3 Å². The number of aromatic nitrogens is 1. The van der Waals surface area contributed by atoms with Gasteiger partial charge in [0, 0.05) is 12.6 Å². The Morgan fingerprint density at radius 1 is 1.50 bits per heavy atom. The Kier molecular flexibility index (Phi) is 6.09. The average Bonchev–Trinajstić information content (AvgIpc) is 2.28. The summed E-state index contributed by atoms with van der Waals surface area (Å²) in [7, 11) is 0. The van der Waals surface area contributed by atoms with Gasteiger partial charge >= 0.3 is 5.97 Å². The van der Waals surface area contributed by atoms with Gasteiger partial charge in [0.1, 0.15) is 5.15 Å². The summed E-state index contributed by atoms with van der Waals surface area (Å²) in [6.07, 6.45) is 0. The van der Waals surface area contributed by atoms with E-state index in [1.54, 1.807) is 13.0 Å². The fourth-order valence-electron chi connectivity index (χ4n) is 1.54. The van der Waals surface area contributed by atoms with Gasteiger partial charge in [0.15, 0.2) is 0 Å². The Hall–Kier alpha value is -1.13. The number of hydrogen-bond acceptors (Lipinski definition) is 4. The zero-order valence-corrected chi connectivity index (χ0v) is 11.8. The topological polar surface area (TPSA) is 42.4 Å². The van der Waals surface area contributed by atoms with Gasteiger partial charge in [0.25, 0.3) is 0 Å². The molecule has 1 rings (SSSR count). The number of hydrogen-bond donors (Lipinski definition) is 0. The molecule has 0 aromatic carbocycles. The van der Waals surface area contributed by atoms with E-state index in [9.17, 15) is 4.79 Å². The maximum Gasteiger partial charge on any atom is 0.320 e. The van der Waals surface area contributed by atoms with Gasteiger partial charge in [-0.2, -0.15) is 0 Å². The Balaban J connectivity index is 2.66. The number of carbonyl (C=O) groups excluding carboxylic acids is 1. The molecule has 0 aliphatic carbocycles. The summed E-state index contributed by atoms with van der Waals surface area (Å²) in [6.45, 7) is 7.11. The van der Waals surface area contributed by atoms with Crippen LogP contribution in [-0.4, -0.2) is 35.0 Å². The van der Waals surface area contributed by atoms with E-state index in [0.29, 0.717) is 18.3 Å².